The second-order valence-corrected chi connectivity index (χ2v) is 6.15. The predicted molar refractivity (Wildman–Crippen MR) is 78.8 cm³/mol. The molecule has 0 heterocycles. The lowest BCUT2D eigenvalue weighted by Crippen LogP contribution is -2.02. The number of benzene rings is 1. The van der Waals surface area contributed by atoms with E-state index in [-0.39, 0.29) is 5.78 Å². The van der Waals surface area contributed by atoms with Crippen LogP contribution in [0.2, 0.25) is 0 Å². The summed E-state index contributed by atoms with van der Waals surface area (Å²) in [5.41, 5.74) is 0.781. The number of thioether (sulfide) groups is 1. The van der Waals surface area contributed by atoms with Crippen LogP contribution in [0.3, 0.4) is 0 Å². The smallest absolute Gasteiger partial charge is 0.163 e. The molecule has 1 rings (SSSR count). The van der Waals surface area contributed by atoms with E-state index in [2.05, 4.69) is 20.8 Å². The summed E-state index contributed by atoms with van der Waals surface area (Å²) in [6.45, 7) is 7.09. The third-order valence-corrected chi connectivity index (χ3v) is 3.54. The summed E-state index contributed by atoms with van der Waals surface area (Å²) >= 11 is 1.82. The molecule has 18 heavy (non-hydrogen) atoms. The summed E-state index contributed by atoms with van der Waals surface area (Å²) < 4.78 is 5.49. The molecule has 0 saturated carbocycles. The van der Waals surface area contributed by atoms with Gasteiger partial charge in [0.15, 0.2) is 5.78 Å². The highest BCUT2D eigenvalue weighted by Crippen LogP contribution is 2.16. The largest absolute Gasteiger partial charge is 0.494 e. The van der Waals surface area contributed by atoms with Crippen LogP contribution < -0.4 is 4.74 Å². The molecule has 0 atom stereocenters. The molecule has 0 radical (unpaired) electrons. The molecule has 0 fully saturated rings. The molecule has 1 aromatic rings. The lowest BCUT2D eigenvalue weighted by molar-refractivity contribution is 0.0989. The molecule has 0 unspecified atom stereocenters. The third-order valence-electron chi connectivity index (χ3n) is 2.43. The number of hydrogen-bond acceptors (Lipinski definition) is 3. The van der Waals surface area contributed by atoms with Crippen LogP contribution in [0.15, 0.2) is 24.3 Å². The zero-order valence-electron chi connectivity index (χ0n) is 11.4. The SMILES string of the molecule is CCCOc1ccc(C(=O)CCSC(C)C)cc1. The highest BCUT2D eigenvalue weighted by molar-refractivity contribution is 7.99. The molecular weight excluding hydrogens is 244 g/mol. The second kappa shape index (κ2) is 8.20. The van der Waals surface area contributed by atoms with Crippen molar-refractivity contribution >= 4 is 17.5 Å². The Balaban J connectivity index is 2.43. The lowest BCUT2D eigenvalue weighted by Gasteiger charge is -2.06. The van der Waals surface area contributed by atoms with Gasteiger partial charge >= 0.3 is 0 Å². The quantitative estimate of drug-likeness (QED) is 0.660. The van der Waals surface area contributed by atoms with E-state index in [1.165, 1.54) is 0 Å². The number of ether oxygens (including phenoxy) is 1. The van der Waals surface area contributed by atoms with Crippen molar-refractivity contribution in [2.24, 2.45) is 0 Å². The molecule has 3 heteroatoms. The first-order valence-electron chi connectivity index (χ1n) is 6.51. The number of carbonyl (C=O) groups is 1. The van der Waals surface area contributed by atoms with Crippen LogP contribution in [0, 0.1) is 0 Å². The first kappa shape index (κ1) is 15.1. The number of hydrogen-bond donors (Lipinski definition) is 0. The fourth-order valence-electron chi connectivity index (χ4n) is 1.49. The van der Waals surface area contributed by atoms with Gasteiger partial charge in [0.05, 0.1) is 6.61 Å². The lowest BCUT2D eigenvalue weighted by atomic mass is 10.1. The van der Waals surface area contributed by atoms with Gasteiger partial charge in [0.1, 0.15) is 5.75 Å². The Hall–Kier alpha value is -0.960. The molecule has 0 aliphatic carbocycles. The molecule has 0 aromatic heterocycles. The van der Waals surface area contributed by atoms with E-state index in [1.807, 2.05) is 36.0 Å². The number of Topliss-reactive ketones (excluding diaryl/α,β-unsaturated/α-hetero) is 1. The van der Waals surface area contributed by atoms with Crippen molar-refractivity contribution in [2.45, 2.75) is 38.9 Å². The standard InChI is InChI=1S/C15H22O2S/c1-4-10-17-14-7-5-13(6-8-14)15(16)9-11-18-12(2)3/h5-8,12H,4,9-11H2,1-3H3. The maximum Gasteiger partial charge on any atom is 0.163 e. The van der Waals surface area contributed by atoms with Crippen molar-refractivity contribution in [3.63, 3.8) is 0 Å². The van der Waals surface area contributed by atoms with Gasteiger partial charge in [0.2, 0.25) is 0 Å². The van der Waals surface area contributed by atoms with Crippen molar-refractivity contribution < 1.29 is 9.53 Å². The molecule has 2 nitrogen and oxygen atoms in total. The molecule has 0 aliphatic rings. The van der Waals surface area contributed by atoms with Crippen molar-refractivity contribution in [3.05, 3.63) is 29.8 Å². The van der Waals surface area contributed by atoms with Gasteiger partial charge in [-0.1, -0.05) is 20.8 Å². The van der Waals surface area contributed by atoms with Crippen LogP contribution in [0.4, 0.5) is 0 Å². The Labute approximate surface area is 114 Å². The number of ketones is 1. The number of carbonyl (C=O) groups excluding carboxylic acids is 1. The van der Waals surface area contributed by atoms with Gasteiger partial charge < -0.3 is 4.74 Å². The maximum atomic E-state index is 11.9. The van der Waals surface area contributed by atoms with Crippen molar-refractivity contribution in [2.75, 3.05) is 12.4 Å². The summed E-state index contributed by atoms with van der Waals surface area (Å²) in [5, 5.41) is 0.586. The second-order valence-electron chi connectivity index (χ2n) is 4.47. The third kappa shape index (κ3) is 5.58. The van der Waals surface area contributed by atoms with E-state index in [4.69, 9.17) is 4.74 Å². The van der Waals surface area contributed by atoms with Crippen LogP contribution in [0.1, 0.15) is 44.0 Å². The molecule has 0 bridgehead atoms. The van der Waals surface area contributed by atoms with Crippen LogP contribution in [0.25, 0.3) is 0 Å². The van der Waals surface area contributed by atoms with E-state index in [0.717, 1.165) is 30.1 Å². The number of rotatable bonds is 8. The average molecular weight is 266 g/mol. The monoisotopic (exact) mass is 266 g/mol. The zero-order chi connectivity index (χ0) is 13.4. The first-order valence-corrected chi connectivity index (χ1v) is 7.56. The Morgan fingerprint density at radius 2 is 1.94 bits per heavy atom. The van der Waals surface area contributed by atoms with E-state index in [0.29, 0.717) is 11.7 Å². The van der Waals surface area contributed by atoms with Gasteiger partial charge in [-0.3, -0.25) is 4.79 Å². The fourth-order valence-corrected chi connectivity index (χ4v) is 2.26. The van der Waals surface area contributed by atoms with Crippen LogP contribution in [-0.2, 0) is 0 Å². The van der Waals surface area contributed by atoms with Crippen LogP contribution in [0.5, 0.6) is 5.75 Å². The van der Waals surface area contributed by atoms with Crippen molar-refractivity contribution in [1.29, 1.82) is 0 Å². The summed E-state index contributed by atoms with van der Waals surface area (Å²) in [7, 11) is 0. The van der Waals surface area contributed by atoms with Gasteiger partial charge in [0, 0.05) is 17.7 Å². The first-order chi connectivity index (χ1) is 8.63. The van der Waals surface area contributed by atoms with E-state index in [9.17, 15) is 4.79 Å². The highest BCUT2D eigenvalue weighted by atomic mass is 32.2. The Bertz CT molecular complexity index is 357. The maximum absolute atomic E-state index is 11.9. The zero-order valence-corrected chi connectivity index (χ0v) is 12.3. The Morgan fingerprint density at radius 3 is 2.50 bits per heavy atom. The summed E-state index contributed by atoms with van der Waals surface area (Å²) in [6.07, 6.45) is 1.60. The van der Waals surface area contributed by atoms with E-state index in [1.54, 1.807) is 0 Å². The van der Waals surface area contributed by atoms with Gasteiger partial charge in [-0.05, 0) is 35.9 Å². The minimum absolute atomic E-state index is 0.213. The minimum atomic E-state index is 0.213. The fraction of sp³-hybridized carbons (Fsp3) is 0.533. The summed E-state index contributed by atoms with van der Waals surface area (Å²) in [5.74, 6) is 1.94. The summed E-state index contributed by atoms with van der Waals surface area (Å²) in [4.78, 5) is 11.9. The summed E-state index contributed by atoms with van der Waals surface area (Å²) in [6, 6.07) is 7.46. The average Bonchev–Trinajstić information content (AvgIpc) is 2.36. The van der Waals surface area contributed by atoms with Crippen LogP contribution >= 0.6 is 11.8 Å². The van der Waals surface area contributed by atoms with Gasteiger partial charge in [-0.25, -0.2) is 0 Å². The molecule has 0 aliphatic heterocycles. The molecule has 0 N–H and O–H groups in total. The predicted octanol–water partition coefficient (Wildman–Crippen LogP) is 4.19. The van der Waals surface area contributed by atoms with Crippen molar-refractivity contribution in [3.8, 4) is 5.75 Å². The highest BCUT2D eigenvalue weighted by Gasteiger charge is 2.06. The van der Waals surface area contributed by atoms with E-state index >= 15 is 0 Å². The van der Waals surface area contributed by atoms with Gasteiger partial charge in [-0.15, -0.1) is 0 Å². The van der Waals surface area contributed by atoms with Crippen LogP contribution in [-0.4, -0.2) is 23.4 Å². The van der Waals surface area contributed by atoms with Gasteiger partial charge in [-0.2, -0.15) is 11.8 Å². The van der Waals surface area contributed by atoms with Crippen molar-refractivity contribution in [1.82, 2.24) is 0 Å². The molecule has 1 aromatic carbocycles. The molecule has 0 amide bonds. The molecule has 0 spiro atoms. The molecule has 0 saturated heterocycles. The van der Waals surface area contributed by atoms with Gasteiger partial charge in [0.25, 0.3) is 0 Å². The Morgan fingerprint density at radius 1 is 1.28 bits per heavy atom. The topological polar surface area (TPSA) is 26.3 Å². The minimum Gasteiger partial charge on any atom is -0.494 e. The normalized spacial score (nSPS) is 10.7. The van der Waals surface area contributed by atoms with E-state index < -0.39 is 0 Å². The molecular formula is C15H22O2S. The Kier molecular flexibility index (Phi) is 6.88. The molecule has 100 valence electrons.